The Labute approximate surface area is 90.8 Å². The molecule has 1 aromatic heterocycles. The van der Waals surface area contributed by atoms with E-state index in [1.54, 1.807) is 6.92 Å². The Morgan fingerprint density at radius 2 is 2.19 bits per heavy atom. The summed E-state index contributed by atoms with van der Waals surface area (Å²) in [5.74, 6) is -0.364. The molecule has 0 spiro atoms. The lowest BCUT2D eigenvalue weighted by Gasteiger charge is -2.20. The first-order valence-electron chi connectivity index (χ1n) is 4.78. The van der Waals surface area contributed by atoms with Crippen molar-refractivity contribution in [3.05, 3.63) is 24.2 Å². The Morgan fingerprint density at radius 3 is 2.62 bits per heavy atom. The molecule has 0 amide bonds. The van der Waals surface area contributed by atoms with Gasteiger partial charge in [0, 0.05) is 0 Å². The number of nitrogens with zero attached hydrogens (tertiary/aromatic N) is 1. The molecule has 0 aromatic carbocycles. The van der Waals surface area contributed by atoms with Gasteiger partial charge in [0.25, 0.3) is 0 Å². The minimum absolute atomic E-state index is 0.0839. The van der Waals surface area contributed by atoms with Crippen LogP contribution in [0.1, 0.15) is 17.5 Å². The van der Waals surface area contributed by atoms with Gasteiger partial charge in [0.2, 0.25) is 5.78 Å². The normalized spacial score (nSPS) is 12.1. The van der Waals surface area contributed by atoms with Crippen molar-refractivity contribution >= 4 is 5.78 Å². The Bertz CT molecular complexity index is 332. The average molecular weight is 235 g/mol. The van der Waals surface area contributed by atoms with Crippen LogP contribution >= 0.6 is 0 Å². The van der Waals surface area contributed by atoms with Crippen molar-refractivity contribution in [3.8, 4) is 0 Å². The number of hydrogen-bond donors (Lipinski definition) is 0. The average Bonchev–Trinajstić information content (AvgIpc) is 2.67. The maximum Gasteiger partial charge on any atom is 0.401 e. The molecule has 90 valence electrons. The Kier molecular flexibility index (Phi) is 4.12. The van der Waals surface area contributed by atoms with E-state index in [1.807, 2.05) is 0 Å². The van der Waals surface area contributed by atoms with Crippen LogP contribution in [0.15, 0.2) is 22.8 Å². The van der Waals surface area contributed by atoms with Crippen molar-refractivity contribution in [2.24, 2.45) is 0 Å². The van der Waals surface area contributed by atoms with Crippen LogP contribution in [0.4, 0.5) is 13.2 Å². The highest BCUT2D eigenvalue weighted by molar-refractivity contribution is 5.94. The molecule has 3 nitrogen and oxygen atoms in total. The van der Waals surface area contributed by atoms with Gasteiger partial charge < -0.3 is 4.42 Å². The van der Waals surface area contributed by atoms with Gasteiger partial charge in [-0.1, -0.05) is 6.92 Å². The number of alkyl halides is 3. The van der Waals surface area contributed by atoms with Gasteiger partial charge in [-0.05, 0) is 18.7 Å². The Balaban J connectivity index is 2.54. The molecule has 0 saturated carbocycles. The van der Waals surface area contributed by atoms with Crippen LogP contribution in [-0.2, 0) is 0 Å². The van der Waals surface area contributed by atoms with Crippen LogP contribution in [-0.4, -0.2) is 36.5 Å². The summed E-state index contributed by atoms with van der Waals surface area (Å²) in [5, 5.41) is 0. The van der Waals surface area contributed by atoms with Crippen LogP contribution in [0, 0.1) is 0 Å². The lowest BCUT2D eigenvalue weighted by Crippen LogP contribution is -2.37. The summed E-state index contributed by atoms with van der Waals surface area (Å²) in [4.78, 5) is 12.5. The van der Waals surface area contributed by atoms with E-state index in [0.29, 0.717) is 0 Å². The number of ketones is 1. The molecule has 0 atom stereocenters. The second-order valence-corrected chi connectivity index (χ2v) is 3.32. The van der Waals surface area contributed by atoms with Crippen LogP contribution < -0.4 is 0 Å². The number of halogens is 3. The highest BCUT2D eigenvalue weighted by atomic mass is 19.4. The third kappa shape index (κ3) is 4.06. The lowest BCUT2D eigenvalue weighted by molar-refractivity contribution is -0.144. The summed E-state index contributed by atoms with van der Waals surface area (Å²) in [5.41, 5.74) is 0. The van der Waals surface area contributed by atoms with E-state index in [9.17, 15) is 18.0 Å². The van der Waals surface area contributed by atoms with Gasteiger partial charge in [0.1, 0.15) is 0 Å². The number of furan rings is 1. The third-order valence-electron chi connectivity index (χ3n) is 2.01. The van der Waals surface area contributed by atoms with Gasteiger partial charge in [-0.15, -0.1) is 0 Å². The minimum atomic E-state index is -4.29. The smallest absolute Gasteiger partial charge is 0.401 e. The highest BCUT2D eigenvalue weighted by Gasteiger charge is 2.31. The zero-order valence-corrected chi connectivity index (χ0v) is 8.75. The van der Waals surface area contributed by atoms with Gasteiger partial charge in [-0.25, -0.2) is 0 Å². The second kappa shape index (κ2) is 5.16. The van der Waals surface area contributed by atoms with Crippen molar-refractivity contribution in [2.45, 2.75) is 13.1 Å². The van der Waals surface area contributed by atoms with Crippen molar-refractivity contribution in [3.63, 3.8) is 0 Å². The fourth-order valence-electron chi connectivity index (χ4n) is 1.25. The number of carbonyl (C=O) groups is 1. The fourth-order valence-corrected chi connectivity index (χ4v) is 1.25. The zero-order chi connectivity index (χ0) is 12.2. The molecule has 0 aliphatic rings. The summed E-state index contributed by atoms with van der Waals surface area (Å²) in [7, 11) is 0. The maximum absolute atomic E-state index is 12.1. The molecule has 0 bridgehead atoms. The highest BCUT2D eigenvalue weighted by Crippen LogP contribution is 2.16. The molecule has 0 radical (unpaired) electrons. The van der Waals surface area contributed by atoms with E-state index in [1.165, 1.54) is 18.4 Å². The predicted octanol–water partition coefficient (Wildman–Crippen LogP) is 2.35. The van der Waals surface area contributed by atoms with Gasteiger partial charge in [0.05, 0.1) is 19.4 Å². The zero-order valence-electron chi connectivity index (χ0n) is 8.75. The molecular formula is C10H12F3NO2. The first-order valence-corrected chi connectivity index (χ1v) is 4.78. The Morgan fingerprint density at radius 1 is 1.50 bits per heavy atom. The number of carbonyl (C=O) groups excluding carboxylic acids is 1. The molecule has 1 heterocycles. The first kappa shape index (κ1) is 12.8. The third-order valence-corrected chi connectivity index (χ3v) is 2.01. The van der Waals surface area contributed by atoms with Crippen molar-refractivity contribution in [2.75, 3.05) is 19.6 Å². The van der Waals surface area contributed by atoms with E-state index in [2.05, 4.69) is 0 Å². The minimum Gasteiger partial charge on any atom is -0.461 e. The first-order chi connectivity index (χ1) is 7.42. The van der Waals surface area contributed by atoms with Crippen LogP contribution in [0.2, 0.25) is 0 Å². The molecule has 0 aliphatic heterocycles. The second-order valence-electron chi connectivity index (χ2n) is 3.32. The van der Waals surface area contributed by atoms with E-state index < -0.39 is 18.5 Å². The molecule has 0 aliphatic carbocycles. The van der Waals surface area contributed by atoms with Crippen LogP contribution in [0.25, 0.3) is 0 Å². The molecule has 0 saturated heterocycles. The number of Topliss-reactive ketones (excluding diaryl/α,β-unsaturated/α-hetero) is 1. The molecule has 0 unspecified atom stereocenters. The molecular weight excluding hydrogens is 223 g/mol. The molecule has 16 heavy (non-hydrogen) atoms. The SMILES string of the molecule is CCN(CC(=O)c1ccco1)CC(F)(F)F. The molecule has 1 aromatic rings. The lowest BCUT2D eigenvalue weighted by atomic mass is 10.3. The fraction of sp³-hybridized carbons (Fsp3) is 0.500. The molecule has 6 heteroatoms. The topological polar surface area (TPSA) is 33.5 Å². The molecule has 1 rings (SSSR count). The van der Waals surface area contributed by atoms with E-state index in [-0.39, 0.29) is 18.8 Å². The van der Waals surface area contributed by atoms with Crippen LogP contribution in [0.5, 0.6) is 0 Å². The van der Waals surface area contributed by atoms with Gasteiger partial charge in [-0.3, -0.25) is 9.69 Å². The van der Waals surface area contributed by atoms with E-state index in [4.69, 9.17) is 4.42 Å². The van der Waals surface area contributed by atoms with Crippen molar-refractivity contribution < 1.29 is 22.4 Å². The summed E-state index contributed by atoms with van der Waals surface area (Å²) in [6.07, 6.45) is -2.98. The van der Waals surface area contributed by atoms with Gasteiger partial charge >= 0.3 is 6.18 Å². The number of rotatable bonds is 5. The van der Waals surface area contributed by atoms with Crippen molar-refractivity contribution in [1.29, 1.82) is 0 Å². The quantitative estimate of drug-likeness (QED) is 0.734. The summed E-state index contributed by atoms with van der Waals surface area (Å²) in [6.45, 7) is 0.354. The molecule has 0 fully saturated rings. The number of likely N-dealkylation sites (N-methyl/N-ethyl adjacent to an activating group) is 1. The van der Waals surface area contributed by atoms with Gasteiger partial charge in [-0.2, -0.15) is 13.2 Å². The Hall–Kier alpha value is -1.30. The van der Waals surface area contributed by atoms with E-state index in [0.717, 1.165) is 4.90 Å². The monoisotopic (exact) mass is 235 g/mol. The van der Waals surface area contributed by atoms with Crippen LogP contribution in [0.3, 0.4) is 0 Å². The summed E-state index contributed by atoms with van der Waals surface area (Å²) < 4.78 is 41.1. The maximum atomic E-state index is 12.1. The summed E-state index contributed by atoms with van der Waals surface area (Å²) >= 11 is 0. The number of hydrogen-bond acceptors (Lipinski definition) is 3. The van der Waals surface area contributed by atoms with E-state index >= 15 is 0 Å². The summed E-state index contributed by atoms with van der Waals surface area (Å²) in [6, 6.07) is 2.96. The largest absolute Gasteiger partial charge is 0.461 e. The molecule has 0 N–H and O–H groups in total. The standard InChI is InChI=1S/C10H12F3NO2/c1-2-14(7-10(11,12)13)6-8(15)9-4-3-5-16-9/h3-5H,2,6-7H2,1H3. The van der Waals surface area contributed by atoms with Gasteiger partial charge in [0.15, 0.2) is 5.76 Å². The van der Waals surface area contributed by atoms with Crippen molar-refractivity contribution in [1.82, 2.24) is 4.90 Å². The predicted molar refractivity (Wildman–Crippen MR) is 51.2 cm³/mol.